The van der Waals surface area contributed by atoms with Gasteiger partial charge in [0.1, 0.15) is 18.2 Å². The molecule has 5 bridgehead atoms. The Morgan fingerprint density at radius 1 is 1.05 bits per heavy atom. The third kappa shape index (κ3) is 6.91. The van der Waals surface area contributed by atoms with E-state index in [1.54, 1.807) is 39.8 Å². The quantitative estimate of drug-likeness (QED) is 0.472. The summed E-state index contributed by atoms with van der Waals surface area (Å²) in [5.74, 6) is -1.95. The van der Waals surface area contributed by atoms with E-state index in [1.165, 1.54) is 12.1 Å². The van der Waals surface area contributed by atoms with Crippen LogP contribution in [0, 0.1) is 5.41 Å². The van der Waals surface area contributed by atoms with Gasteiger partial charge in [-0.05, 0) is 65.2 Å². The summed E-state index contributed by atoms with van der Waals surface area (Å²) >= 11 is 0. The maximum Gasteiger partial charge on any atom is 0.316 e. The third-order valence-corrected chi connectivity index (χ3v) is 7.55. The van der Waals surface area contributed by atoms with Gasteiger partial charge in [0.25, 0.3) is 11.8 Å². The maximum atomic E-state index is 13.2. The fraction of sp³-hybridized carbons (Fsp3) is 0.500. The second-order valence-electron chi connectivity index (χ2n) is 11.3. The number of nitrogens with one attached hydrogen (secondary N) is 3. The van der Waals surface area contributed by atoms with Crippen LogP contribution in [-0.4, -0.2) is 71.6 Å². The summed E-state index contributed by atoms with van der Waals surface area (Å²) < 4.78 is 11.0. The molecule has 5 atom stereocenters. The van der Waals surface area contributed by atoms with Crippen molar-refractivity contribution in [1.29, 1.82) is 0 Å². The number of benzene rings is 1. The molecule has 1 saturated heterocycles. The summed E-state index contributed by atoms with van der Waals surface area (Å²) in [5.41, 5.74) is 4.18. The van der Waals surface area contributed by atoms with Crippen LogP contribution in [0.2, 0.25) is 0 Å². The summed E-state index contributed by atoms with van der Waals surface area (Å²) in [5, 5.41) is 7.94. The maximum absolute atomic E-state index is 13.2. The first-order chi connectivity index (χ1) is 19.4. The smallest absolute Gasteiger partial charge is 0.316 e. The summed E-state index contributed by atoms with van der Waals surface area (Å²) in [7, 11) is 1.41. The molecule has 3 heterocycles. The van der Waals surface area contributed by atoms with Gasteiger partial charge >= 0.3 is 5.97 Å². The lowest BCUT2D eigenvalue weighted by atomic mass is 9.92. The molecular formula is C30H39N5O6. The van der Waals surface area contributed by atoms with Gasteiger partial charge in [0.05, 0.1) is 22.7 Å². The van der Waals surface area contributed by atoms with Crippen LogP contribution in [0.3, 0.4) is 0 Å². The number of ether oxygens (including phenoxy) is 2. The molecule has 0 spiro atoms. The molecule has 3 amide bonds. The molecule has 0 aliphatic carbocycles. The van der Waals surface area contributed by atoms with Crippen molar-refractivity contribution < 1.29 is 28.7 Å². The van der Waals surface area contributed by atoms with Crippen molar-refractivity contribution in [2.24, 2.45) is 5.41 Å². The fourth-order valence-electron chi connectivity index (χ4n) is 4.73. The Kier molecular flexibility index (Phi) is 9.08. The first kappa shape index (κ1) is 30.1. The molecule has 11 nitrogen and oxygen atoms in total. The van der Waals surface area contributed by atoms with Crippen LogP contribution < -0.4 is 16.1 Å². The second-order valence-corrected chi connectivity index (χ2v) is 11.3. The van der Waals surface area contributed by atoms with Crippen molar-refractivity contribution in [1.82, 2.24) is 26.1 Å². The predicted molar refractivity (Wildman–Crippen MR) is 153 cm³/mol. The molecule has 2 aromatic rings. The van der Waals surface area contributed by atoms with Crippen molar-refractivity contribution >= 4 is 40.7 Å². The second kappa shape index (κ2) is 12.4. The van der Waals surface area contributed by atoms with Gasteiger partial charge in [-0.25, -0.2) is 5.43 Å². The molecule has 3 N–H and O–H groups in total. The highest BCUT2D eigenvalue weighted by molar-refractivity contribution is 5.92. The van der Waals surface area contributed by atoms with E-state index in [-0.39, 0.29) is 11.9 Å². The van der Waals surface area contributed by atoms with Crippen LogP contribution >= 0.6 is 0 Å². The zero-order valence-corrected chi connectivity index (χ0v) is 24.4. The normalized spacial score (nSPS) is 27.5. The van der Waals surface area contributed by atoms with E-state index in [2.05, 4.69) is 16.1 Å². The molecule has 0 saturated carbocycles. The number of carbonyl (C=O) groups excluding carboxylic acids is 4. The molecule has 2 aliphatic heterocycles. The van der Waals surface area contributed by atoms with Crippen molar-refractivity contribution in [2.75, 3.05) is 13.7 Å². The van der Waals surface area contributed by atoms with Crippen molar-refractivity contribution in [3.05, 3.63) is 47.7 Å². The van der Waals surface area contributed by atoms with Crippen LogP contribution in [0.25, 0.3) is 17.0 Å². The molecule has 2 aliphatic rings. The van der Waals surface area contributed by atoms with Crippen molar-refractivity contribution in [2.45, 2.75) is 77.8 Å². The van der Waals surface area contributed by atoms with Crippen molar-refractivity contribution in [3.63, 3.8) is 0 Å². The number of hydrazine groups is 1. The molecule has 0 radical (unpaired) electrons. The molecule has 41 heavy (non-hydrogen) atoms. The number of nitrogens with zero attached hydrogens (tertiary/aromatic N) is 2. The minimum absolute atomic E-state index is 0.251. The van der Waals surface area contributed by atoms with Crippen molar-refractivity contribution in [3.8, 4) is 0 Å². The number of esters is 1. The van der Waals surface area contributed by atoms with Crippen LogP contribution in [0.15, 0.2) is 36.4 Å². The number of amides is 3. The topological polar surface area (TPSA) is 139 Å². The largest absolute Gasteiger partial charge is 0.449 e. The van der Waals surface area contributed by atoms with Gasteiger partial charge in [-0.1, -0.05) is 30.4 Å². The number of carbonyl (C=O) groups is 4. The monoisotopic (exact) mass is 565 g/mol. The number of pyridine rings is 1. The lowest BCUT2D eigenvalue weighted by Gasteiger charge is -2.35. The SMILES string of the molecule is COC(C)[C@@H]1OC(=O)C(C)(C)/C=C\c2ccc3ccc(nc3c2)[C@@H](C)NC(=O)[C@@H]2CCCN(N2)C(=O)[C@H](C)NC1=O. The zero-order chi connectivity index (χ0) is 29.9. The Morgan fingerprint density at radius 2 is 1.76 bits per heavy atom. The number of rotatable bonds is 2. The molecule has 1 fully saturated rings. The summed E-state index contributed by atoms with van der Waals surface area (Å²) in [6.45, 7) is 8.78. The zero-order valence-electron chi connectivity index (χ0n) is 24.4. The van der Waals surface area contributed by atoms with Crippen LogP contribution in [0.4, 0.5) is 0 Å². The lowest BCUT2D eigenvalue weighted by molar-refractivity contribution is -0.170. The highest BCUT2D eigenvalue weighted by Gasteiger charge is 2.37. The van der Waals surface area contributed by atoms with Gasteiger partial charge < -0.3 is 20.1 Å². The first-order valence-electron chi connectivity index (χ1n) is 13.9. The van der Waals surface area contributed by atoms with E-state index in [4.69, 9.17) is 14.5 Å². The van der Waals surface area contributed by atoms with Gasteiger partial charge in [0.15, 0.2) is 0 Å². The van der Waals surface area contributed by atoms with E-state index in [9.17, 15) is 19.2 Å². The molecule has 4 rings (SSSR count). The number of hydrogen-bond acceptors (Lipinski definition) is 8. The average molecular weight is 566 g/mol. The summed E-state index contributed by atoms with van der Waals surface area (Å²) in [6, 6.07) is 7.64. The molecule has 1 unspecified atom stereocenters. The summed E-state index contributed by atoms with van der Waals surface area (Å²) in [4.78, 5) is 57.6. The van der Waals surface area contributed by atoms with Crippen LogP contribution in [0.1, 0.15) is 64.8 Å². The molecule has 1 aromatic carbocycles. The van der Waals surface area contributed by atoms with Gasteiger partial charge in [-0.15, -0.1) is 0 Å². The van der Waals surface area contributed by atoms with Gasteiger partial charge in [-0.2, -0.15) is 0 Å². The highest BCUT2D eigenvalue weighted by atomic mass is 16.6. The van der Waals surface area contributed by atoms with Gasteiger partial charge in [0.2, 0.25) is 12.0 Å². The fourth-order valence-corrected chi connectivity index (χ4v) is 4.73. The third-order valence-electron chi connectivity index (χ3n) is 7.55. The number of aromatic nitrogens is 1. The van der Waals surface area contributed by atoms with E-state index in [1.807, 2.05) is 37.3 Å². The number of fused-ring (bicyclic) bond motifs is 4. The van der Waals surface area contributed by atoms with Gasteiger partial charge in [-0.3, -0.25) is 29.2 Å². The van der Waals surface area contributed by atoms with E-state index in [0.29, 0.717) is 25.1 Å². The molecule has 1 aromatic heterocycles. The van der Waals surface area contributed by atoms with Gasteiger partial charge in [0, 0.05) is 19.0 Å². The predicted octanol–water partition coefficient (Wildman–Crippen LogP) is 2.41. The Morgan fingerprint density at radius 3 is 2.49 bits per heavy atom. The van der Waals surface area contributed by atoms with Crippen LogP contribution in [0.5, 0.6) is 0 Å². The Labute approximate surface area is 240 Å². The molecule has 220 valence electrons. The lowest BCUT2D eigenvalue weighted by Crippen LogP contribution is -2.61. The average Bonchev–Trinajstić information content (AvgIpc) is 2.96. The number of hydrogen-bond donors (Lipinski definition) is 3. The minimum Gasteiger partial charge on any atom is -0.449 e. The van der Waals surface area contributed by atoms with E-state index in [0.717, 1.165) is 16.5 Å². The van der Waals surface area contributed by atoms with E-state index >= 15 is 0 Å². The Hall–Kier alpha value is -3.83. The highest BCUT2D eigenvalue weighted by Crippen LogP contribution is 2.25. The molecule has 11 heteroatoms. The number of cyclic esters (lactones) is 1. The molecular weight excluding hydrogens is 526 g/mol. The van der Waals surface area contributed by atoms with Crippen LogP contribution in [-0.2, 0) is 28.7 Å². The number of methoxy groups -OCH3 is 1. The minimum atomic E-state index is -1.29. The standard InChI is InChI=1S/C30H39N5O6/c1-17-22-12-11-21-10-9-20(16-24(21)33-22)13-14-30(4,5)29(39)41-25(19(3)40-6)27(37)32-18(2)28(38)35-15-7-8-23(34-35)26(36)31-17/h9-14,16-19,23,25,34H,7-8,15H2,1-6H3,(H,31,36)(H,32,37)/b14-13-/t17-,18+,19?,23+,25+/m1/s1. The van der Waals surface area contributed by atoms with E-state index < -0.39 is 47.5 Å². The summed E-state index contributed by atoms with van der Waals surface area (Å²) in [6.07, 6.45) is 2.60. The first-order valence-corrected chi connectivity index (χ1v) is 13.9. The Bertz CT molecular complexity index is 1360. The Balaban J connectivity index is 1.71.